The van der Waals surface area contributed by atoms with Crippen molar-refractivity contribution < 1.29 is 0 Å². The molecule has 3 heteroatoms. The van der Waals surface area contributed by atoms with E-state index in [-0.39, 0.29) is 0 Å². The monoisotopic (exact) mass is 167 g/mol. The largest absolute Gasteiger partial charge is 0.358 e. The standard InChI is InChI=1S/C9H17N3/c1-3-9(11-4-2)12-7-5-10-6-8-12/h4,10H,2-3,5-8H2,1H3. The summed E-state index contributed by atoms with van der Waals surface area (Å²) in [4.78, 5) is 6.56. The first kappa shape index (κ1) is 9.26. The highest BCUT2D eigenvalue weighted by atomic mass is 15.2. The quantitative estimate of drug-likeness (QED) is 0.487. The van der Waals surface area contributed by atoms with Gasteiger partial charge in [-0.15, -0.1) is 0 Å². The number of piperazine rings is 1. The Morgan fingerprint density at radius 3 is 2.75 bits per heavy atom. The predicted molar refractivity (Wildman–Crippen MR) is 52.4 cm³/mol. The number of aliphatic imine (C=N–C) groups is 1. The molecule has 1 fully saturated rings. The fourth-order valence-electron chi connectivity index (χ4n) is 1.42. The molecule has 0 spiro atoms. The highest BCUT2D eigenvalue weighted by Crippen LogP contribution is 1.99. The van der Waals surface area contributed by atoms with Crippen molar-refractivity contribution in [3.8, 4) is 0 Å². The Morgan fingerprint density at radius 2 is 2.25 bits per heavy atom. The molecule has 0 aromatic heterocycles. The molecule has 12 heavy (non-hydrogen) atoms. The van der Waals surface area contributed by atoms with Gasteiger partial charge in [-0.05, 0) is 0 Å². The molecule has 0 unspecified atom stereocenters. The van der Waals surface area contributed by atoms with E-state index in [1.807, 2.05) is 0 Å². The Bertz CT molecular complexity index is 169. The summed E-state index contributed by atoms with van der Waals surface area (Å²) in [6.07, 6.45) is 2.62. The third kappa shape index (κ3) is 2.34. The second-order valence-electron chi connectivity index (χ2n) is 2.82. The molecule has 68 valence electrons. The van der Waals surface area contributed by atoms with Crippen LogP contribution >= 0.6 is 0 Å². The maximum absolute atomic E-state index is 4.24. The maximum Gasteiger partial charge on any atom is 0.104 e. The van der Waals surface area contributed by atoms with Gasteiger partial charge in [0.15, 0.2) is 0 Å². The minimum Gasteiger partial charge on any atom is -0.358 e. The summed E-state index contributed by atoms with van der Waals surface area (Å²) in [6.45, 7) is 10.0. The minimum absolute atomic E-state index is 0.992. The van der Waals surface area contributed by atoms with Gasteiger partial charge in [0.05, 0.1) is 0 Å². The van der Waals surface area contributed by atoms with Gasteiger partial charge in [0.25, 0.3) is 0 Å². The summed E-state index contributed by atoms with van der Waals surface area (Å²) < 4.78 is 0. The topological polar surface area (TPSA) is 27.6 Å². The zero-order chi connectivity index (χ0) is 8.81. The van der Waals surface area contributed by atoms with Gasteiger partial charge < -0.3 is 10.2 Å². The van der Waals surface area contributed by atoms with Crippen LogP contribution in [0.4, 0.5) is 0 Å². The molecule has 0 atom stereocenters. The highest BCUT2D eigenvalue weighted by molar-refractivity contribution is 5.82. The van der Waals surface area contributed by atoms with E-state index in [2.05, 4.69) is 28.7 Å². The molecule has 1 aliphatic heterocycles. The molecule has 1 aliphatic rings. The van der Waals surface area contributed by atoms with E-state index < -0.39 is 0 Å². The van der Waals surface area contributed by atoms with Crippen molar-refractivity contribution in [3.05, 3.63) is 12.8 Å². The van der Waals surface area contributed by atoms with Crippen molar-refractivity contribution in [2.75, 3.05) is 26.2 Å². The summed E-state index contributed by atoms with van der Waals surface area (Å²) in [7, 11) is 0. The SMILES string of the molecule is C=CN=C(CC)N1CCNCC1. The Labute approximate surface area is 74.2 Å². The zero-order valence-corrected chi connectivity index (χ0v) is 7.71. The van der Waals surface area contributed by atoms with Crippen LogP contribution in [0.5, 0.6) is 0 Å². The Kier molecular flexibility index (Phi) is 3.80. The Morgan fingerprint density at radius 1 is 1.58 bits per heavy atom. The van der Waals surface area contributed by atoms with Crippen LogP contribution < -0.4 is 5.32 Å². The highest BCUT2D eigenvalue weighted by Gasteiger charge is 2.11. The van der Waals surface area contributed by atoms with Gasteiger partial charge >= 0.3 is 0 Å². The molecule has 0 radical (unpaired) electrons. The first-order chi connectivity index (χ1) is 5.88. The lowest BCUT2D eigenvalue weighted by molar-refractivity contribution is 0.352. The van der Waals surface area contributed by atoms with Crippen LogP contribution in [0.15, 0.2) is 17.8 Å². The second kappa shape index (κ2) is 4.93. The van der Waals surface area contributed by atoms with Crippen molar-refractivity contribution in [1.82, 2.24) is 10.2 Å². The molecule has 1 heterocycles. The van der Waals surface area contributed by atoms with E-state index in [0.717, 1.165) is 38.4 Å². The average Bonchev–Trinajstić information content (AvgIpc) is 2.15. The summed E-state index contributed by atoms with van der Waals surface area (Å²) >= 11 is 0. The summed E-state index contributed by atoms with van der Waals surface area (Å²) in [5.74, 6) is 1.16. The van der Waals surface area contributed by atoms with Gasteiger partial charge in [-0.1, -0.05) is 13.5 Å². The number of nitrogens with one attached hydrogen (secondary N) is 1. The molecular weight excluding hydrogens is 150 g/mol. The fourth-order valence-corrected chi connectivity index (χ4v) is 1.42. The van der Waals surface area contributed by atoms with E-state index in [1.165, 1.54) is 0 Å². The molecule has 1 rings (SSSR count). The summed E-state index contributed by atoms with van der Waals surface area (Å²) in [6, 6.07) is 0. The first-order valence-corrected chi connectivity index (χ1v) is 4.51. The van der Waals surface area contributed by atoms with Gasteiger partial charge in [0.2, 0.25) is 0 Å². The van der Waals surface area contributed by atoms with Crippen molar-refractivity contribution in [2.24, 2.45) is 4.99 Å². The molecule has 0 bridgehead atoms. The van der Waals surface area contributed by atoms with Gasteiger partial charge in [-0.2, -0.15) is 0 Å². The number of hydrogen-bond donors (Lipinski definition) is 1. The first-order valence-electron chi connectivity index (χ1n) is 4.51. The van der Waals surface area contributed by atoms with Gasteiger partial charge in [-0.25, -0.2) is 4.99 Å². The van der Waals surface area contributed by atoms with E-state index in [4.69, 9.17) is 0 Å². The van der Waals surface area contributed by atoms with Crippen LogP contribution in [-0.4, -0.2) is 36.9 Å². The summed E-state index contributed by atoms with van der Waals surface area (Å²) in [5.41, 5.74) is 0. The number of amidine groups is 1. The van der Waals surface area contributed by atoms with Gasteiger partial charge in [0, 0.05) is 38.8 Å². The van der Waals surface area contributed by atoms with Crippen LogP contribution in [0.1, 0.15) is 13.3 Å². The molecule has 0 amide bonds. The molecule has 3 nitrogen and oxygen atoms in total. The van der Waals surface area contributed by atoms with Crippen molar-refractivity contribution in [3.63, 3.8) is 0 Å². The summed E-state index contributed by atoms with van der Waals surface area (Å²) in [5, 5.41) is 3.31. The minimum atomic E-state index is 0.992. The molecule has 0 aromatic rings. The molecule has 0 aromatic carbocycles. The maximum atomic E-state index is 4.24. The lowest BCUT2D eigenvalue weighted by atomic mass is 10.3. The van der Waals surface area contributed by atoms with E-state index in [9.17, 15) is 0 Å². The number of nitrogens with zero attached hydrogens (tertiary/aromatic N) is 2. The van der Waals surface area contributed by atoms with Crippen molar-refractivity contribution >= 4 is 5.84 Å². The lowest BCUT2D eigenvalue weighted by Crippen LogP contribution is -2.46. The van der Waals surface area contributed by atoms with Crippen LogP contribution in [0.2, 0.25) is 0 Å². The third-order valence-corrected chi connectivity index (χ3v) is 2.04. The Hall–Kier alpha value is -0.830. The average molecular weight is 167 g/mol. The van der Waals surface area contributed by atoms with E-state index in [1.54, 1.807) is 6.20 Å². The molecule has 1 N–H and O–H groups in total. The Balaban J connectivity index is 2.51. The fraction of sp³-hybridized carbons (Fsp3) is 0.667. The smallest absolute Gasteiger partial charge is 0.104 e. The van der Waals surface area contributed by atoms with E-state index >= 15 is 0 Å². The van der Waals surface area contributed by atoms with Gasteiger partial charge in [0.1, 0.15) is 5.84 Å². The normalized spacial score (nSPS) is 19.4. The predicted octanol–water partition coefficient (Wildman–Crippen LogP) is 0.844. The van der Waals surface area contributed by atoms with Crippen LogP contribution in [0.25, 0.3) is 0 Å². The molecule has 1 saturated heterocycles. The van der Waals surface area contributed by atoms with Crippen LogP contribution in [0, 0.1) is 0 Å². The molecular formula is C9H17N3. The van der Waals surface area contributed by atoms with Gasteiger partial charge in [-0.3, -0.25) is 0 Å². The van der Waals surface area contributed by atoms with Crippen molar-refractivity contribution in [2.45, 2.75) is 13.3 Å². The second-order valence-corrected chi connectivity index (χ2v) is 2.82. The van der Waals surface area contributed by atoms with E-state index in [0.29, 0.717) is 0 Å². The lowest BCUT2D eigenvalue weighted by Gasteiger charge is -2.29. The van der Waals surface area contributed by atoms with Crippen LogP contribution in [0.3, 0.4) is 0 Å². The third-order valence-electron chi connectivity index (χ3n) is 2.04. The van der Waals surface area contributed by atoms with Crippen molar-refractivity contribution in [1.29, 1.82) is 0 Å². The van der Waals surface area contributed by atoms with Crippen LogP contribution in [-0.2, 0) is 0 Å². The number of rotatable bonds is 2. The zero-order valence-electron chi connectivity index (χ0n) is 7.71. The molecule has 0 aliphatic carbocycles. The number of hydrogen-bond acceptors (Lipinski definition) is 2. The molecule has 0 saturated carbocycles.